The molecule has 0 saturated carbocycles. The second-order valence-electron chi connectivity index (χ2n) is 4.58. The van der Waals surface area contributed by atoms with Crippen molar-refractivity contribution in [3.05, 3.63) is 48.5 Å². The molecule has 0 heterocycles. The Morgan fingerprint density at radius 1 is 1.19 bits per heavy atom. The topological polar surface area (TPSA) is 64.3 Å². The highest BCUT2D eigenvalue weighted by Crippen LogP contribution is 2.26. The van der Waals surface area contributed by atoms with Gasteiger partial charge in [0.1, 0.15) is 11.5 Å². The second kappa shape index (κ2) is 7.15. The fourth-order valence-electron chi connectivity index (χ4n) is 1.66. The van der Waals surface area contributed by atoms with E-state index in [1.165, 1.54) is 0 Å². The van der Waals surface area contributed by atoms with Crippen LogP contribution >= 0.6 is 11.8 Å². The lowest BCUT2D eigenvalue weighted by Gasteiger charge is -2.10. The Kier molecular flexibility index (Phi) is 5.25. The smallest absolute Gasteiger partial charge is 0.240 e. The van der Waals surface area contributed by atoms with Gasteiger partial charge in [0.05, 0.1) is 6.04 Å². The first-order chi connectivity index (χ1) is 10.1. The number of nitrogens with two attached hydrogens (primary N) is 1. The maximum Gasteiger partial charge on any atom is 0.240 e. The average Bonchev–Trinajstić information content (AvgIpc) is 2.49. The van der Waals surface area contributed by atoms with E-state index in [9.17, 15) is 4.79 Å². The van der Waals surface area contributed by atoms with Crippen LogP contribution in [0.5, 0.6) is 11.5 Å². The number of hydrogen-bond acceptors (Lipinski definition) is 4. The molecule has 1 unspecified atom stereocenters. The van der Waals surface area contributed by atoms with Crippen molar-refractivity contribution in [1.29, 1.82) is 0 Å². The van der Waals surface area contributed by atoms with E-state index in [1.807, 2.05) is 42.7 Å². The van der Waals surface area contributed by atoms with Gasteiger partial charge in [0, 0.05) is 10.6 Å². The van der Waals surface area contributed by atoms with E-state index in [4.69, 9.17) is 10.5 Å². The minimum atomic E-state index is -0.532. The first-order valence-corrected chi connectivity index (χ1v) is 7.79. The van der Waals surface area contributed by atoms with Crippen LogP contribution in [0.15, 0.2) is 53.4 Å². The molecule has 0 spiro atoms. The van der Waals surface area contributed by atoms with Crippen molar-refractivity contribution in [3.8, 4) is 11.5 Å². The van der Waals surface area contributed by atoms with Crippen molar-refractivity contribution in [2.24, 2.45) is 5.73 Å². The molecule has 1 atom stereocenters. The van der Waals surface area contributed by atoms with Crippen LogP contribution in [0.4, 0.5) is 5.69 Å². The summed E-state index contributed by atoms with van der Waals surface area (Å²) in [7, 11) is 0. The molecule has 0 aliphatic rings. The highest BCUT2D eigenvalue weighted by atomic mass is 32.2. The van der Waals surface area contributed by atoms with Gasteiger partial charge in [-0.2, -0.15) is 0 Å². The predicted octanol–water partition coefficient (Wildman–Crippen LogP) is 3.49. The monoisotopic (exact) mass is 302 g/mol. The lowest BCUT2D eigenvalue weighted by atomic mass is 10.2. The summed E-state index contributed by atoms with van der Waals surface area (Å²) in [6.45, 7) is 1.64. The predicted molar refractivity (Wildman–Crippen MR) is 87.0 cm³/mol. The standard InChI is InChI=1S/C16H18N2O2S/c1-11(17)16(19)18-12-6-8-13(9-7-12)20-14-4-3-5-15(10-14)21-2/h3-11H,17H2,1-2H3,(H,18,19). The van der Waals surface area contributed by atoms with Crippen LogP contribution in [-0.4, -0.2) is 18.2 Å². The van der Waals surface area contributed by atoms with Gasteiger partial charge in [0.15, 0.2) is 0 Å². The maximum atomic E-state index is 11.5. The summed E-state index contributed by atoms with van der Waals surface area (Å²) in [5.74, 6) is 1.29. The second-order valence-corrected chi connectivity index (χ2v) is 5.46. The van der Waals surface area contributed by atoms with Gasteiger partial charge < -0.3 is 15.8 Å². The molecule has 110 valence electrons. The number of hydrogen-bond donors (Lipinski definition) is 2. The number of carbonyl (C=O) groups is 1. The number of amides is 1. The third-order valence-electron chi connectivity index (χ3n) is 2.81. The first kappa shape index (κ1) is 15.4. The van der Waals surface area contributed by atoms with Crippen molar-refractivity contribution in [2.45, 2.75) is 17.9 Å². The molecule has 1 amide bonds. The van der Waals surface area contributed by atoms with Gasteiger partial charge in [-0.15, -0.1) is 11.8 Å². The highest BCUT2D eigenvalue weighted by Gasteiger charge is 2.07. The van der Waals surface area contributed by atoms with Crippen molar-refractivity contribution in [3.63, 3.8) is 0 Å². The van der Waals surface area contributed by atoms with Gasteiger partial charge in [-0.1, -0.05) is 6.07 Å². The van der Waals surface area contributed by atoms with Crippen molar-refractivity contribution >= 4 is 23.4 Å². The number of anilines is 1. The van der Waals surface area contributed by atoms with Crippen LogP contribution in [0.1, 0.15) is 6.92 Å². The molecule has 2 rings (SSSR count). The lowest BCUT2D eigenvalue weighted by molar-refractivity contribution is -0.117. The molecule has 0 fully saturated rings. The summed E-state index contributed by atoms with van der Waals surface area (Å²) in [6.07, 6.45) is 2.02. The van der Waals surface area contributed by atoms with Crippen LogP contribution in [0, 0.1) is 0 Å². The van der Waals surface area contributed by atoms with Gasteiger partial charge in [0.25, 0.3) is 0 Å². The van der Waals surface area contributed by atoms with Crippen LogP contribution in [0.3, 0.4) is 0 Å². The average molecular weight is 302 g/mol. The van der Waals surface area contributed by atoms with E-state index < -0.39 is 6.04 Å². The normalized spacial score (nSPS) is 11.8. The molecule has 21 heavy (non-hydrogen) atoms. The molecule has 0 bridgehead atoms. The van der Waals surface area contributed by atoms with E-state index in [1.54, 1.807) is 30.8 Å². The molecule has 0 aliphatic heterocycles. The Labute approximate surface area is 128 Å². The summed E-state index contributed by atoms with van der Waals surface area (Å²) in [6, 6.07) is 14.5. The van der Waals surface area contributed by atoms with Crippen molar-refractivity contribution < 1.29 is 9.53 Å². The molecular weight excluding hydrogens is 284 g/mol. The van der Waals surface area contributed by atoms with Crippen molar-refractivity contribution in [1.82, 2.24) is 0 Å². The maximum absolute atomic E-state index is 11.5. The molecule has 5 heteroatoms. The van der Waals surface area contributed by atoms with Crippen LogP contribution < -0.4 is 15.8 Å². The molecule has 4 nitrogen and oxygen atoms in total. The Morgan fingerprint density at radius 2 is 1.90 bits per heavy atom. The SMILES string of the molecule is CSc1cccc(Oc2ccc(NC(=O)C(C)N)cc2)c1. The Bertz CT molecular complexity index is 612. The summed E-state index contributed by atoms with van der Waals surface area (Å²) >= 11 is 1.67. The highest BCUT2D eigenvalue weighted by molar-refractivity contribution is 7.98. The van der Waals surface area contributed by atoms with Gasteiger partial charge >= 0.3 is 0 Å². The molecular formula is C16H18N2O2S. The van der Waals surface area contributed by atoms with Gasteiger partial charge in [-0.05, 0) is 55.6 Å². The Morgan fingerprint density at radius 3 is 2.52 bits per heavy atom. The number of benzene rings is 2. The number of rotatable bonds is 5. The van der Waals surface area contributed by atoms with E-state index in [-0.39, 0.29) is 5.91 Å². The lowest BCUT2D eigenvalue weighted by Crippen LogP contribution is -2.32. The number of ether oxygens (including phenoxy) is 1. The summed E-state index contributed by atoms with van der Waals surface area (Å²) in [5.41, 5.74) is 6.20. The molecule has 0 radical (unpaired) electrons. The summed E-state index contributed by atoms with van der Waals surface area (Å²) in [4.78, 5) is 12.6. The zero-order valence-electron chi connectivity index (χ0n) is 12.0. The van der Waals surface area contributed by atoms with Gasteiger partial charge in [-0.3, -0.25) is 4.79 Å². The number of nitrogens with one attached hydrogen (secondary N) is 1. The molecule has 0 aromatic heterocycles. The molecule has 0 aliphatic carbocycles. The largest absolute Gasteiger partial charge is 0.457 e. The van der Waals surface area contributed by atoms with E-state index in [0.29, 0.717) is 11.4 Å². The molecule has 2 aromatic rings. The van der Waals surface area contributed by atoms with E-state index in [2.05, 4.69) is 5.32 Å². The molecule has 3 N–H and O–H groups in total. The van der Waals surface area contributed by atoms with Gasteiger partial charge in [0.2, 0.25) is 5.91 Å². The summed E-state index contributed by atoms with van der Waals surface area (Å²) in [5, 5.41) is 2.73. The van der Waals surface area contributed by atoms with Crippen molar-refractivity contribution in [2.75, 3.05) is 11.6 Å². The van der Waals surface area contributed by atoms with Crippen LogP contribution in [-0.2, 0) is 4.79 Å². The van der Waals surface area contributed by atoms with Gasteiger partial charge in [-0.25, -0.2) is 0 Å². The zero-order valence-corrected chi connectivity index (χ0v) is 12.8. The molecule has 0 saturated heterocycles. The van der Waals surface area contributed by atoms with Crippen LogP contribution in [0.2, 0.25) is 0 Å². The molecule has 2 aromatic carbocycles. The number of carbonyl (C=O) groups excluding carboxylic acids is 1. The summed E-state index contributed by atoms with van der Waals surface area (Å²) < 4.78 is 5.78. The third kappa shape index (κ3) is 4.51. The van der Waals surface area contributed by atoms with E-state index >= 15 is 0 Å². The fourth-order valence-corrected chi connectivity index (χ4v) is 2.11. The zero-order chi connectivity index (χ0) is 15.2. The fraction of sp³-hybridized carbons (Fsp3) is 0.188. The minimum Gasteiger partial charge on any atom is -0.457 e. The number of thioether (sulfide) groups is 1. The third-order valence-corrected chi connectivity index (χ3v) is 3.54. The van der Waals surface area contributed by atoms with Crippen LogP contribution in [0.25, 0.3) is 0 Å². The minimum absolute atomic E-state index is 0.212. The Hall–Kier alpha value is -1.98. The first-order valence-electron chi connectivity index (χ1n) is 6.57. The quantitative estimate of drug-likeness (QED) is 0.830. The van der Waals surface area contributed by atoms with E-state index in [0.717, 1.165) is 10.6 Å². The Balaban J connectivity index is 2.03.